The Hall–Kier alpha value is -1.14. The first-order valence-corrected chi connectivity index (χ1v) is 7.96. The summed E-state index contributed by atoms with van der Waals surface area (Å²) in [5.41, 5.74) is 1.04. The highest BCUT2D eigenvalue weighted by Crippen LogP contribution is 2.23. The van der Waals surface area contributed by atoms with Crippen LogP contribution in [-0.4, -0.2) is 37.9 Å². The van der Waals surface area contributed by atoms with E-state index in [4.69, 9.17) is 23.2 Å². The molecule has 0 saturated heterocycles. The number of hydrogen-bond donors (Lipinski definition) is 1. The van der Waals surface area contributed by atoms with Crippen molar-refractivity contribution in [3.63, 3.8) is 0 Å². The number of nitrogens with zero attached hydrogens (tertiary/aromatic N) is 4. The van der Waals surface area contributed by atoms with Crippen molar-refractivity contribution >= 4 is 23.2 Å². The van der Waals surface area contributed by atoms with Crippen LogP contribution >= 0.6 is 23.2 Å². The fourth-order valence-electron chi connectivity index (χ4n) is 2.40. The Morgan fingerprint density at radius 3 is 2.59 bits per heavy atom. The van der Waals surface area contributed by atoms with Crippen molar-refractivity contribution in [1.29, 1.82) is 0 Å². The van der Waals surface area contributed by atoms with Crippen molar-refractivity contribution in [2.45, 2.75) is 33.5 Å². The van der Waals surface area contributed by atoms with Crippen LogP contribution in [0.3, 0.4) is 0 Å². The van der Waals surface area contributed by atoms with Crippen molar-refractivity contribution in [1.82, 2.24) is 19.7 Å². The summed E-state index contributed by atoms with van der Waals surface area (Å²) < 4.78 is 2.07. The van der Waals surface area contributed by atoms with Gasteiger partial charge in [-0.15, -0.1) is 10.2 Å². The summed E-state index contributed by atoms with van der Waals surface area (Å²) in [6.07, 6.45) is 0. The van der Waals surface area contributed by atoms with Gasteiger partial charge in [-0.05, 0) is 31.5 Å². The molecule has 0 fully saturated rings. The first-order chi connectivity index (χ1) is 10.5. The van der Waals surface area contributed by atoms with E-state index in [1.165, 1.54) is 0 Å². The number of rotatable bonds is 7. The predicted molar refractivity (Wildman–Crippen MR) is 88.1 cm³/mol. The van der Waals surface area contributed by atoms with Crippen molar-refractivity contribution in [2.24, 2.45) is 0 Å². The summed E-state index contributed by atoms with van der Waals surface area (Å²) in [5, 5.41) is 18.7. The molecule has 120 valence electrons. The number of aliphatic hydroxyl groups excluding tert-OH is 1. The van der Waals surface area contributed by atoms with E-state index in [9.17, 15) is 5.11 Å². The standard InChI is InChI=1S/C15H20Cl2N4O/c1-3-21-11(2)18-19-15(21)10-20(6-7-22)9-12-4-5-13(16)14(17)8-12/h4-5,8,22H,3,6-7,9-10H2,1-2H3. The van der Waals surface area contributed by atoms with E-state index in [0.29, 0.717) is 29.7 Å². The van der Waals surface area contributed by atoms with Crippen molar-refractivity contribution in [2.75, 3.05) is 13.2 Å². The maximum atomic E-state index is 9.29. The lowest BCUT2D eigenvalue weighted by Gasteiger charge is -2.21. The third-order valence-corrected chi connectivity index (χ3v) is 4.24. The fourth-order valence-corrected chi connectivity index (χ4v) is 2.73. The molecule has 0 radical (unpaired) electrons. The van der Waals surface area contributed by atoms with Crippen LogP contribution in [0.25, 0.3) is 0 Å². The molecule has 0 spiro atoms. The van der Waals surface area contributed by atoms with Crippen LogP contribution in [0.2, 0.25) is 10.0 Å². The average Bonchev–Trinajstić information content (AvgIpc) is 2.83. The van der Waals surface area contributed by atoms with Gasteiger partial charge in [-0.25, -0.2) is 0 Å². The lowest BCUT2D eigenvalue weighted by atomic mass is 10.2. The van der Waals surface area contributed by atoms with E-state index in [1.807, 2.05) is 19.1 Å². The highest BCUT2D eigenvalue weighted by Gasteiger charge is 2.13. The van der Waals surface area contributed by atoms with Crippen LogP contribution in [0.1, 0.15) is 24.1 Å². The third-order valence-electron chi connectivity index (χ3n) is 3.50. The Morgan fingerprint density at radius 2 is 1.95 bits per heavy atom. The number of aromatic nitrogens is 3. The summed E-state index contributed by atoms with van der Waals surface area (Å²) in [4.78, 5) is 2.11. The third kappa shape index (κ3) is 4.20. The SMILES string of the molecule is CCn1c(C)nnc1CN(CCO)Cc1ccc(Cl)c(Cl)c1. The van der Waals surface area contributed by atoms with Crippen molar-refractivity contribution in [3.8, 4) is 0 Å². The zero-order chi connectivity index (χ0) is 16.1. The lowest BCUT2D eigenvalue weighted by molar-refractivity contribution is 0.179. The van der Waals surface area contributed by atoms with Gasteiger partial charge in [-0.3, -0.25) is 4.90 Å². The molecule has 5 nitrogen and oxygen atoms in total. The Morgan fingerprint density at radius 1 is 1.18 bits per heavy atom. The number of benzene rings is 1. The molecule has 0 aliphatic heterocycles. The fraction of sp³-hybridized carbons (Fsp3) is 0.467. The summed E-state index contributed by atoms with van der Waals surface area (Å²) in [6.45, 7) is 6.75. The smallest absolute Gasteiger partial charge is 0.147 e. The molecule has 1 aromatic carbocycles. The topological polar surface area (TPSA) is 54.2 Å². The minimum atomic E-state index is 0.0839. The lowest BCUT2D eigenvalue weighted by Crippen LogP contribution is -2.27. The molecular weight excluding hydrogens is 323 g/mol. The predicted octanol–water partition coefficient (Wildman–Crippen LogP) is 2.91. The largest absolute Gasteiger partial charge is 0.395 e. The molecule has 1 aromatic heterocycles. The van der Waals surface area contributed by atoms with Gasteiger partial charge in [0.25, 0.3) is 0 Å². The Labute approximate surface area is 140 Å². The minimum absolute atomic E-state index is 0.0839. The Bertz CT molecular complexity index is 630. The molecule has 7 heteroatoms. The molecule has 0 aliphatic carbocycles. The van der Waals surface area contributed by atoms with Crippen LogP contribution in [0.4, 0.5) is 0 Å². The van der Waals surface area contributed by atoms with Gasteiger partial charge in [-0.2, -0.15) is 0 Å². The Kier molecular flexibility index (Phi) is 6.20. The van der Waals surface area contributed by atoms with Crippen LogP contribution in [0.5, 0.6) is 0 Å². The van der Waals surface area contributed by atoms with Gasteiger partial charge in [0.15, 0.2) is 0 Å². The molecule has 0 amide bonds. The van der Waals surface area contributed by atoms with E-state index in [1.54, 1.807) is 6.07 Å². The number of hydrogen-bond acceptors (Lipinski definition) is 4. The normalized spacial score (nSPS) is 11.4. The quantitative estimate of drug-likeness (QED) is 0.840. The molecule has 0 atom stereocenters. The van der Waals surface area contributed by atoms with Crippen LogP contribution in [0, 0.1) is 6.92 Å². The molecule has 0 saturated carbocycles. The van der Waals surface area contributed by atoms with Crippen molar-refractivity contribution in [3.05, 3.63) is 45.5 Å². The molecular formula is C15H20Cl2N4O. The van der Waals surface area contributed by atoms with Gasteiger partial charge >= 0.3 is 0 Å². The molecule has 2 aromatic rings. The number of aryl methyl sites for hydroxylation is 1. The van der Waals surface area contributed by atoms with Crippen molar-refractivity contribution < 1.29 is 5.11 Å². The Balaban J connectivity index is 2.13. The molecule has 1 heterocycles. The van der Waals surface area contributed by atoms with E-state index in [-0.39, 0.29) is 6.61 Å². The second-order valence-corrected chi connectivity index (χ2v) is 5.90. The van der Waals surface area contributed by atoms with E-state index in [0.717, 1.165) is 23.8 Å². The zero-order valence-electron chi connectivity index (χ0n) is 12.8. The van der Waals surface area contributed by atoms with Crippen LogP contribution < -0.4 is 0 Å². The number of aliphatic hydroxyl groups is 1. The van der Waals surface area contributed by atoms with E-state index in [2.05, 4.69) is 26.6 Å². The van der Waals surface area contributed by atoms with Crippen LogP contribution in [-0.2, 0) is 19.6 Å². The molecule has 0 bridgehead atoms. The first-order valence-electron chi connectivity index (χ1n) is 7.21. The van der Waals surface area contributed by atoms with E-state index < -0.39 is 0 Å². The van der Waals surface area contributed by atoms with Gasteiger partial charge < -0.3 is 9.67 Å². The summed E-state index contributed by atoms with van der Waals surface area (Å²) in [6, 6.07) is 5.58. The summed E-state index contributed by atoms with van der Waals surface area (Å²) in [7, 11) is 0. The van der Waals surface area contributed by atoms with Gasteiger partial charge in [-0.1, -0.05) is 29.3 Å². The molecule has 0 aliphatic rings. The van der Waals surface area contributed by atoms with Gasteiger partial charge in [0.1, 0.15) is 11.6 Å². The molecule has 0 unspecified atom stereocenters. The maximum absolute atomic E-state index is 9.29. The maximum Gasteiger partial charge on any atom is 0.147 e. The first kappa shape index (κ1) is 17.2. The minimum Gasteiger partial charge on any atom is -0.395 e. The second kappa shape index (κ2) is 7.92. The molecule has 1 N–H and O–H groups in total. The van der Waals surface area contributed by atoms with Gasteiger partial charge in [0.05, 0.1) is 23.2 Å². The molecule has 22 heavy (non-hydrogen) atoms. The second-order valence-electron chi connectivity index (χ2n) is 5.09. The van der Waals surface area contributed by atoms with Gasteiger partial charge in [0, 0.05) is 19.6 Å². The summed E-state index contributed by atoms with van der Waals surface area (Å²) >= 11 is 12.0. The highest BCUT2D eigenvalue weighted by molar-refractivity contribution is 6.42. The average molecular weight is 343 g/mol. The monoisotopic (exact) mass is 342 g/mol. The summed E-state index contributed by atoms with van der Waals surface area (Å²) in [5.74, 6) is 1.80. The number of halogens is 2. The molecule has 2 rings (SSSR count). The highest BCUT2D eigenvalue weighted by atomic mass is 35.5. The zero-order valence-corrected chi connectivity index (χ0v) is 14.3. The van der Waals surface area contributed by atoms with E-state index >= 15 is 0 Å². The van der Waals surface area contributed by atoms with Gasteiger partial charge in [0.2, 0.25) is 0 Å². The van der Waals surface area contributed by atoms with Crippen LogP contribution in [0.15, 0.2) is 18.2 Å².